The molecular formula is C22H26N4O. The summed E-state index contributed by atoms with van der Waals surface area (Å²) in [5, 5.41) is 4.34. The van der Waals surface area contributed by atoms with Crippen molar-refractivity contribution in [2.75, 3.05) is 11.4 Å². The van der Waals surface area contributed by atoms with Crippen molar-refractivity contribution in [2.24, 2.45) is 0 Å². The molecule has 5 heteroatoms. The van der Waals surface area contributed by atoms with Gasteiger partial charge < -0.3 is 4.90 Å². The van der Waals surface area contributed by atoms with E-state index < -0.39 is 0 Å². The zero-order valence-corrected chi connectivity index (χ0v) is 16.5. The lowest BCUT2D eigenvalue weighted by Crippen LogP contribution is -2.36. The second-order valence-electron chi connectivity index (χ2n) is 7.59. The highest BCUT2D eigenvalue weighted by Crippen LogP contribution is 2.31. The van der Waals surface area contributed by atoms with E-state index in [1.165, 1.54) is 16.7 Å². The number of rotatable bonds is 3. The van der Waals surface area contributed by atoms with Crippen molar-refractivity contribution in [1.82, 2.24) is 14.6 Å². The number of hydrogen-bond acceptors (Lipinski definition) is 3. The van der Waals surface area contributed by atoms with Crippen molar-refractivity contribution in [3.63, 3.8) is 0 Å². The second kappa shape index (κ2) is 6.80. The van der Waals surface area contributed by atoms with Gasteiger partial charge in [-0.15, -0.1) is 0 Å². The maximum Gasteiger partial charge on any atom is 0.227 e. The van der Waals surface area contributed by atoms with Gasteiger partial charge in [0.05, 0.1) is 6.20 Å². The molecule has 0 saturated carbocycles. The van der Waals surface area contributed by atoms with Gasteiger partial charge in [0, 0.05) is 36.1 Å². The molecule has 0 unspecified atom stereocenters. The fraction of sp³-hybridized carbons (Fsp3) is 0.409. The minimum absolute atomic E-state index is 0.195. The topological polar surface area (TPSA) is 50.5 Å². The highest BCUT2D eigenvalue weighted by molar-refractivity contribution is 5.95. The quantitative estimate of drug-likeness (QED) is 0.710. The molecule has 4 rings (SSSR count). The molecule has 0 radical (unpaired) electrons. The zero-order valence-electron chi connectivity index (χ0n) is 16.5. The molecule has 3 aromatic rings. The predicted octanol–water partition coefficient (Wildman–Crippen LogP) is 3.87. The third-order valence-corrected chi connectivity index (χ3v) is 5.68. The Labute approximate surface area is 160 Å². The average Bonchev–Trinajstić information content (AvgIpc) is 3.09. The summed E-state index contributed by atoms with van der Waals surface area (Å²) in [5.74, 6) is 0.195. The number of nitrogens with zero attached hydrogens (tertiary/aromatic N) is 4. The van der Waals surface area contributed by atoms with Crippen LogP contribution in [0.15, 0.2) is 24.4 Å². The minimum Gasteiger partial charge on any atom is -0.312 e. The highest BCUT2D eigenvalue weighted by atomic mass is 16.2. The van der Waals surface area contributed by atoms with E-state index >= 15 is 0 Å². The van der Waals surface area contributed by atoms with Crippen molar-refractivity contribution in [3.8, 4) is 0 Å². The van der Waals surface area contributed by atoms with Crippen molar-refractivity contribution in [1.29, 1.82) is 0 Å². The number of aromatic nitrogens is 3. The van der Waals surface area contributed by atoms with Crippen molar-refractivity contribution >= 4 is 17.2 Å². The molecule has 0 N–H and O–H groups in total. The van der Waals surface area contributed by atoms with Crippen LogP contribution >= 0.6 is 0 Å². The molecule has 5 nitrogen and oxygen atoms in total. The van der Waals surface area contributed by atoms with Gasteiger partial charge in [0.25, 0.3) is 0 Å². The molecule has 140 valence electrons. The Kier molecular flexibility index (Phi) is 4.46. The van der Waals surface area contributed by atoms with Gasteiger partial charge in [0.1, 0.15) is 0 Å². The van der Waals surface area contributed by atoms with Crippen LogP contribution in [0, 0.1) is 27.7 Å². The molecule has 3 heterocycles. The number of carbonyl (C=O) groups excluding carboxylic acids is 1. The van der Waals surface area contributed by atoms with Crippen LogP contribution in [0.5, 0.6) is 0 Å². The number of amides is 1. The lowest BCUT2D eigenvalue weighted by atomic mass is 9.94. The smallest absolute Gasteiger partial charge is 0.227 e. The second-order valence-corrected chi connectivity index (χ2v) is 7.59. The van der Waals surface area contributed by atoms with Gasteiger partial charge in [-0.1, -0.05) is 6.07 Å². The first-order valence-electron chi connectivity index (χ1n) is 9.66. The van der Waals surface area contributed by atoms with Gasteiger partial charge >= 0.3 is 0 Å². The molecule has 1 amide bonds. The van der Waals surface area contributed by atoms with Crippen LogP contribution in [-0.4, -0.2) is 27.0 Å². The fourth-order valence-electron chi connectivity index (χ4n) is 4.33. The number of fused-ring (bicyclic) bond motifs is 2. The van der Waals surface area contributed by atoms with Gasteiger partial charge in [-0.05, 0) is 75.3 Å². The molecule has 1 aliphatic heterocycles. The van der Waals surface area contributed by atoms with E-state index in [1.54, 1.807) is 6.20 Å². The summed E-state index contributed by atoms with van der Waals surface area (Å²) in [6.45, 7) is 9.13. The van der Waals surface area contributed by atoms with Crippen LogP contribution in [0.4, 0.5) is 5.69 Å². The van der Waals surface area contributed by atoms with Crippen LogP contribution in [0.1, 0.15) is 46.5 Å². The maximum absolute atomic E-state index is 13.1. The van der Waals surface area contributed by atoms with Gasteiger partial charge in [-0.3, -0.25) is 4.79 Å². The summed E-state index contributed by atoms with van der Waals surface area (Å²) in [7, 11) is 0. The lowest BCUT2D eigenvalue weighted by molar-refractivity contribution is -0.118. The van der Waals surface area contributed by atoms with Gasteiger partial charge in [0.15, 0.2) is 5.65 Å². The molecule has 0 saturated heterocycles. The first kappa shape index (κ1) is 17.7. The standard InChI is InChI=1S/C22H26N4O/c1-14-12-15(2)18-6-5-11-25(20(18)13-14)22(27)8-7-19-16(3)24-21-9-10-23-26(21)17(19)4/h9-10,12-13H,5-8,11H2,1-4H3. The Balaban J connectivity index is 1.58. The molecule has 0 aliphatic carbocycles. The molecule has 0 bridgehead atoms. The Hall–Kier alpha value is -2.69. The number of hydrogen-bond donors (Lipinski definition) is 0. The summed E-state index contributed by atoms with van der Waals surface area (Å²) in [6, 6.07) is 6.28. The molecule has 27 heavy (non-hydrogen) atoms. The fourth-order valence-corrected chi connectivity index (χ4v) is 4.33. The van der Waals surface area contributed by atoms with E-state index in [4.69, 9.17) is 0 Å². The van der Waals surface area contributed by atoms with Gasteiger partial charge in [-0.2, -0.15) is 5.10 Å². The molecule has 1 aliphatic rings. The Morgan fingerprint density at radius 3 is 2.81 bits per heavy atom. The van der Waals surface area contributed by atoms with Crippen LogP contribution in [-0.2, 0) is 17.6 Å². The molecule has 0 fully saturated rings. The average molecular weight is 362 g/mol. The summed E-state index contributed by atoms with van der Waals surface area (Å²) < 4.78 is 1.86. The van der Waals surface area contributed by atoms with Crippen LogP contribution in [0.25, 0.3) is 5.65 Å². The van der Waals surface area contributed by atoms with Crippen LogP contribution < -0.4 is 4.90 Å². The summed E-state index contributed by atoms with van der Waals surface area (Å²) in [5.41, 5.74) is 8.98. The molecule has 0 spiro atoms. The predicted molar refractivity (Wildman–Crippen MR) is 107 cm³/mol. The normalized spacial score (nSPS) is 13.9. The largest absolute Gasteiger partial charge is 0.312 e. The van der Waals surface area contributed by atoms with Crippen LogP contribution in [0.2, 0.25) is 0 Å². The number of anilines is 1. The molecule has 0 atom stereocenters. The summed E-state index contributed by atoms with van der Waals surface area (Å²) in [6.07, 6.45) is 5.03. The zero-order chi connectivity index (χ0) is 19.1. The van der Waals surface area contributed by atoms with Crippen molar-refractivity contribution in [3.05, 3.63) is 58.0 Å². The Bertz CT molecular complexity index is 1030. The van der Waals surface area contributed by atoms with E-state index in [2.05, 4.69) is 43.0 Å². The van der Waals surface area contributed by atoms with E-state index in [0.29, 0.717) is 12.8 Å². The minimum atomic E-state index is 0.195. The summed E-state index contributed by atoms with van der Waals surface area (Å²) in [4.78, 5) is 19.7. The molecule has 2 aromatic heterocycles. The molecular weight excluding hydrogens is 336 g/mol. The van der Waals surface area contributed by atoms with E-state index in [-0.39, 0.29) is 5.91 Å². The number of benzene rings is 1. The third kappa shape index (κ3) is 3.11. The Morgan fingerprint density at radius 2 is 2.00 bits per heavy atom. The number of aryl methyl sites for hydroxylation is 4. The van der Waals surface area contributed by atoms with E-state index in [9.17, 15) is 4.79 Å². The summed E-state index contributed by atoms with van der Waals surface area (Å²) >= 11 is 0. The maximum atomic E-state index is 13.1. The lowest BCUT2D eigenvalue weighted by Gasteiger charge is -2.31. The first-order chi connectivity index (χ1) is 13.0. The number of carbonyl (C=O) groups is 1. The van der Waals surface area contributed by atoms with Crippen molar-refractivity contribution in [2.45, 2.75) is 53.4 Å². The molecule has 1 aromatic carbocycles. The van der Waals surface area contributed by atoms with Crippen LogP contribution in [0.3, 0.4) is 0 Å². The van der Waals surface area contributed by atoms with E-state index in [0.717, 1.165) is 47.7 Å². The Morgan fingerprint density at radius 1 is 1.19 bits per heavy atom. The van der Waals surface area contributed by atoms with Gasteiger partial charge in [0.2, 0.25) is 5.91 Å². The first-order valence-corrected chi connectivity index (χ1v) is 9.66. The third-order valence-electron chi connectivity index (χ3n) is 5.68. The SMILES string of the molecule is Cc1cc(C)c2c(c1)N(C(=O)CCc1c(C)nc3ccnn3c1C)CCC2. The van der Waals surface area contributed by atoms with Crippen molar-refractivity contribution < 1.29 is 4.79 Å². The van der Waals surface area contributed by atoms with E-state index in [1.807, 2.05) is 22.4 Å². The highest BCUT2D eigenvalue weighted by Gasteiger charge is 2.24. The monoisotopic (exact) mass is 362 g/mol. The van der Waals surface area contributed by atoms with Gasteiger partial charge in [-0.25, -0.2) is 9.50 Å².